The molecular weight excluding hydrogens is 514 g/mol. The van der Waals surface area contributed by atoms with E-state index in [9.17, 15) is 9.59 Å². The molecular formula is C24H28BrN7O3. The maximum Gasteiger partial charge on any atom is 0.302 e. The smallest absolute Gasteiger partial charge is 0.302 e. The third-order valence-electron chi connectivity index (χ3n) is 6.14. The van der Waals surface area contributed by atoms with E-state index in [1.807, 2.05) is 30.7 Å². The van der Waals surface area contributed by atoms with Crippen LogP contribution >= 0.6 is 15.9 Å². The van der Waals surface area contributed by atoms with E-state index < -0.39 is 0 Å². The van der Waals surface area contributed by atoms with Crippen LogP contribution < -0.4 is 5.32 Å². The lowest BCUT2D eigenvalue weighted by molar-refractivity contribution is -0.145. The SMILES string of the molecule is CC[C@H](C(=O)N1CCN/C1=N/c1ccc2nccnc2c1Br)C(COC(C)=O)Cc1cncn1C. The Balaban J connectivity index is 1.61. The highest BCUT2D eigenvalue weighted by Gasteiger charge is 2.35. The zero-order chi connectivity index (χ0) is 24.9. The van der Waals surface area contributed by atoms with Gasteiger partial charge < -0.3 is 14.6 Å². The third-order valence-corrected chi connectivity index (χ3v) is 6.92. The molecule has 3 aromatic rings. The van der Waals surface area contributed by atoms with Crippen LogP contribution in [0.1, 0.15) is 26.0 Å². The molecule has 0 spiro atoms. The minimum absolute atomic E-state index is 0.0488. The van der Waals surface area contributed by atoms with E-state index in [1.165, 1.54) is 6.92 Å². The van der Waals surface area contributed by atoms with Gasteiger partial charge in [-0.1, -0.05) is 6.92 Å². The van der Waals surface area contributed by atoms with Crippen molar-refractivity contribution >= 4 is 50.5 Å². The molecule has 184 valence electrons. The fourth-order valence-electron chi connectivity index (χ4n) is 4.29. The molecule has 0 saturated carbocycles. The monoisotopic (exact) mass is 541 g/mol. The van der Waals surface area contributed by atoms with E-state index in [4.69, 9.17) is 9.73 Å². The first-order chi connectivity index (χ1) is 16.9. The number of rotatable bonds is 8. The maximum atomic E-state index is 13.8. The lowest BCUT2D eigenvalue weighted by Crippen LogP contribution is -2.43. The molecule has 1 aliphatic heterocycles. The van der Waals surface area contributed by atoms with Crippen LogP contribution in [0.2, 0.25) is 0 Å². The number of esters is 1. The van der Waals surface area contributed by atoms with Crippen LogP contribution in [0, 0.1) is 11.8 Å². The number of hydrogen-bond donors (Lipinski definition) is 1. The van der Waals surface area contributed by atoms with Crippen molar-refractivity contribution in [2.75, 3.05) is 19.7 Å². The second-order valence-electron chi connectivity index (χ2n) is 8.45. The number of aliphatic imine (C=N–C) groups is 1. The maximum absolute atomic E-state index is 13.8. The van der Waals surface area contributed by atoms with Crippen molar-refractivity contribution in [3.8, 4) is 0 Å². The molecule has 1 aromatic carbocycles. The van der Waals surface area contributed by atoms with Crippen LogP contribution in [0.4, 0.5) is 5.69 Å². The molecule has 1 saturated heterocycles. The van der Waals surface area contributed by atoms with Gasteiger partial charge in [-0.15, -0.1) is 0 Å². The molecule has 1 unspecified atom stereocenters. The molecule has 1 N–H and O–H groups in total. The number of guanidine groups is 1. The standard InChI is InChI=1S/C24H28BrN7O3/c1-4-18(16(13-35-15(2)33)11-17-12-26-14-31(17)3)23(34)32-10-9-29-24(32)30-19-5-6-20-22(21(19)25)28-8-7-27-20/h5-8,12,14,16,18H,4,9-11,13H2,1-3H3,(H,29,30)/t16?,18-/m0/s1. The lowest BCUT2D eigenvalue weighted by atomic mass is 9.85. The summed E-state index contributed by atoms with van der Waals surface area (Å²) in [6.07, 6.45) is 7.94. The normalized spacial score (nSPS) is 16.3. The van der Waals surface area contributed by atoms with Crippen LogP contribution in [-0.2, 0) is 27.8 Å². The fourth-order valence-corrected chi connectivity index (χ4v) is 4.82. The van der Waals surface area contributed by atoms with Crippen molar-refractivity contribution < 1.29 is 14.3 Å². The van der Waals surface area contributed by atoms with Gasteiger partial charge in [-0.25, -0.2) is 9.98 Å². The molecule has 11 heteroatoms. The van der Waals surface area contributed by atoms with Gasteiger partial charge in [-0.05, 0) is 40.9 Å². The summed E-state index contributed by atoms with van der Waals surface area (Å²) in [5.41, 5.74) is 3.09. The molecule has 3 heterocycles. The first kappa shape index (κ1) is 24.8. The van der Waals surface area contributed by atoms with Gasteiger partial charge in [0.2, 0.25) is 11.9 Å². The minimum atomic E-state index is -0.364. The second-order valence-corrected chi connectivity index (χ2v) is 9.25. The number of amides is 1. The number of fused-ring (bicyclic) bond motifs is 1. The first-order valence-corrected chi connectivity index (χ1v) is 12.3. The molecule has 1 aliphatic rings. The summed E-state index contributed by atoms with van der Waals surface area (Å²) in [6, 6.07) is 3.70. The number of aromatic nitrogens is 4. The summed E-state index contributed by atoms with van der Waals surface area (Å²) >= 11 is 3.59. The lowest BCUT2D eigenvalue weighted by Gasteiger charge is -2.28. The third kappa shape index (κ3) is 5.50. The van der Waals surface area contributed by atoms with Gasteiger partial charge in [-0.3, -0.25) is 24.5 Å². The molecule has 0 bridgehead atoms. The number of benzene rings is 1. The predicted molar refractivity (Wildman–Crippen MR) is 135 cm³/mol. The molecule has 1 fully saturated rings. The van der Waals surface area contributed by atoms with Crippen molar-refractivity contribution in [3.05, 3.63) is 47.2 Å². The molecule has 1 amide bonds. The summed E-state index contributed by atoms with van der Waals surface area (Å²) < 4.78 is 8.00. The topological polar surface area (TPSA) is 115 Å². The fraction of sp³-hybridized carbons (Fsp3) is 0.417. The van der Waals surface area contributed by atoms with Crippen LogP contribution in [0.3, 0.4) is 0 Å². The molecule has 10 nitrogen and oxygen atoms in total. The van der Waals surface area contributed by atoms with Crippen LogP contribution in [0.25, 0.3) is 11.0 Å². The highest BCUT2D eigenvalue weighted by molar-refractivity contribution is 9.10. The van der Waals surface area contributed by atoms with E-state index in [-0.39, 0.29) is 30.3 Å². The predicted octanol–water partition coefficient (Wildman–Crippen LogP) is 2.99. The quantitative estimate of drug-likeness (QED) is 0.436. The Morgan fingerprint density at radius 1 is 1.29 bits per heavy atom. The number of carbonyl (C=O) groups excluding carboxylic acids is 2. The number of ether oxygens (including phenoxy) is 1. The number of halogens is 1. The summed E-state index contributed by atoms with van der Waals surface area (Å²) in [5.74, 6) is -0.482. The van der Waals surface area contributed by atoms with Crippen molar-refractivity contribution in [1.82, 2.24) is 29.7 Å². The Bertz CT molecular complexity index is 1260. The van der Waals surface area contributed by atoms with Gasteiger partial charge >= 0.3 is 5.97 Å². The number of carbonyl (C=O) groups is 2. The summed E-state index contributed by atoms with van der Waals surface area (Å²) in [4.78, 5) is 44.7. The Labute approximate surface area is 211 Å². The number of nitrogens with zero attached hydrogens (tertiary/aromatic N) is 6. The average Bonchev–Trinajstić information content (AvgIpc) is 3.48. The summed E-state index contributed by atoms with van der Waals surface area (Å²) in [6.45, 7) is 4.62. The van der Waals surface area contributed by atoms with Crippen molar-refractivity contribution in [1.29, 1.82) is 0 Å². The van der Waals surface area contributed by atoms with Gasteiger partial charge in [-0.2, -0.15) is 0 Å². The van der Waals surface area contributed by atoms with Crippen molar-refractivity contribution in [2.24, 2.45) is 23.9 Å². The number of hydrogen-bond acceptors (Lipinski definition) is 7. The second kappa shape index (κ2) is 10.9. The molecule has 0 radical (unpaired) electrons. The van der Waals surface area contributed by atoms with E-state index in [0.29, 0.717) is 47.6 Å². The first-order valence-electron chi connectivity index (χ1n) is 11.5. The van der Waals surface area contributed by atoms with Crippen LogP contribution in [-0.4, -0.2) is 62.0 Å². The van der Waals surface area contributed by atoms with Gasteiger partial charge in [0.25, 0.3) is 0 Å². The zero-order valence-electron chi connectivity index (χ0n) is 19.9. The number of nitrogens with one attached hydrogen (secondary N) is 1. The van der Waals surface area contributed by atoms with Gasteiger partial charge in [0.1, 0.15) is 5.52 Å². The van der Waals surface area contributed by atoms with Crippen molar-refractivity contribution in [3.63, 3.8) is 0 Å². The summed E-state index contributed by atoms with van der Waals surface area (Å²) in [5, 5.41) is 3.23. The van der Waals surface area contributed by atoms with E-state index in [0.717, 1.165) is 11.2 Å². The highest BCUT2D eigenvalue weighted by atomic mass is 79.9. The van der Waals surface area contributed by atoms with E-state index >= 15 is 0 Å². The Morgan fingerprint density at radius 3 is 2.80 bits per heavy atom. The number of aryl methyl sites for hydroxylation is 1. The van der Waals surface area contributed by atoms with E-state index in [1.54, 1.807) is 29.8 Å². The molecule has 0 aliphatic carbocycles. The zero-order valence-corrected chi connectivity index (χ0v) is 21.5. The van der Waals surface area contributed by atoms with Crippen LogP contribution in [0.5, 0.6) is 0 Å². The Morgan fingerprint density at radius 2 is 2.09 bits per heavy atom. The number of imidazole rings is 1. The Kier molecular flexibility index (Phi) is 7.74. The van der Waals surface area contributed by atoms with E-state index in [2.05, 4.69) is 36.2 Å². The molecule has 2 atom stereocenters. The average molecular weight is 542 g/mol. The minimum Gasteiger partial charge on any atom is -0.466 e. The highest BCUT2D eigenvalue weighted by Crippen LogP contribution is 2.32. The van der Waals surface area contributed by atoms with Gasteiger partial charge in [0.15, 0.2) is 0 Å². The van der Waals surface area contributed by atoms with Gasteiger partial charge in [0.05, 0.1) is 28.6 Å². The Hall–Kier alpha value is -3.34. The molecule has 2 aromatic heterocycles. The van der Waals surface area contributed by atoms with Gasteiger partial charge in [0, 0.05) is 63.2 Å². The molecule has 4 rings (SSSR count). The molecule has 35 heavy (non-hydrogen) atoms. The summed E-state index contributed by atoms with van der Waals surface area (Å²) in [7, 11) is 1.91. The van der Waals surface area contributed by atoms with Crippen molar-refractivity contribution in [2.45, 2.75) is 26.7 Å². The largest absolute Gasteiger partial charge is 0.466 e. The van der Waals surface area contributed by atoms with Crippen LogP contribution in [0.15, 0.2) is 46.5 Å².